The van der Waals surface area contributed by atoms with Gasteiger partial charge in [-0.3, -0.25) is 4.79 Å². The van der Waals surface area contributed by atoms with Gasteiger partial charge in [0.05, 0.1) is 13.7 Å². The smallest absolute Gasteiger partial charge is 0.182 e. The zero-order valence-corrected chi connectivity index (χ0v) is 13.1. The molecule has 3 nitrogen and oxygen atoms in total. The molecule has 1 heterocycles. The monoisotopic (exact) mass is 343 g/mol. The van der Waals surface area contributed by atoms with Crippen LogP contribution < -0.4 is 4.74 Å². The molecule has 0 bridgehead atoms. The fraction of sp³-hybridized carbons (Fsp3) is 0.118. The van der Waals surface area contributed by atoms with Gasteiger partial charge < -0.3 is 9.30 Å². The van der Waals surface area contributed by atoms with E-state index in [-0.39, 0.29) is 5.78 Å². The average Bonchev–Trinajstić information content (AvgIpc) is 2.84. The van der Waals surface area contributed by atoms with Gasteiger partial charge in [0, 0.05) is 27.1 Å². The number of rotatable bonds is 4. The van der Waals surface area contributed by atoms with Crippen molar-refractivity contribution in [1.29, 1.82) is 0 Å². The molecule has 1 aromatic heterocycles. The van der Waals surface area contributed by atoms with Crippen LogP contribution in [0.1, 0.15) is 10.4 Å². The van der Waals surface area contributed by atoms with Gasteiger partial charge in [0.25, 0.3) is 0 Å². The number of ether oxygens (including phenoxy) is 1. The summed E-state index contributed by atoms with van der Waals surface area (Å²) in [6.45, 7) is 0.318. The lowest BCUT2D eigenvalue weighted by atomic mass is 10.1. The van der Waals surface area contributed by atoms with Gasteiger partial charge in [0.1, 0.15) is 5.75 Å². The molecule has 3 aromatic rings. The molecule has 21 heavy (non-hydrogen) atoms. The zero-order chi connectivity index (χ0) is 14.8. The minimum absolute atomic E-state index is 0.0749. The highest BCUT2D eigenvalue weighted by atomic mass is 79.9. The minimum Gasteiger partial charge on any atom is -0.497 e. The Morgan fingerprint density at radius 2 is 1.86 bits per heavy atom. The Labute approximate surface area is 131 Å². The van der Waals surface area contributed by atoms with Crippen LogP contribution in [-0.2, 0) is 6.54 Å². The fourth-order valence-corrected chi connectivity index (χ4v) is 2.94. The van der Waals surface area contributed by atoms with Crippen molar-refractivity contribution in [2.45, 2.75) is 6.54 Å². The maximum absolute atomic E-state index is 12.4. The number of benzene rings is 2. The van der Waals surface area contributed by atoms with Crippen LogP contribution >= 0.6 is 15.9 Å². The number of hydrogen-bond donors (Lipinski definition) is 0. The summed E-state index contributed by atoms with van der Waals surface area (Å²) in [7, 11) is 1.61. The van der Waals surface area contributed by atoms with Gasteiger partial charge in [-0.25, -0.2) is 0 Å². The van der Waals surface area contributed by atoms with E-state index in [0.717, 1.165) is 21.1 Å². The zero-order valence-electron chi connectivity index (χ0n) is 11.5. The van der Waals surface area contributed by atoms with Crippen molar-refractivity contribution >= 4 is 32.6 Å². The van der Waals surface area contributed by atoms with E-state index in [1.54, 1.807) is 31.4 Å². The van der Waals surface area contributed by atoms with Gasteiger partial charge in [-0.15, -0.1) is 0 Å². The first kappa shape index (κ1) is 13.9. The molecule has 0 aliphatic carbocycles. The molecule has 0 radical (unpaired) electrons. The lowest BCUT2D eigenvalue weighted by Crippen LogP contribution is -2.09. The van der Waals surface area contributed by atoms with Crippen LogP contribution in [0, 0.1) is 0 Å². The van der Waals surface area contributed by atoms with Crippen molar-refractivity contribution in [3.05, 3.63) is 64.8 Å². The van der Waals surface area contributed by atoms with E-state index in [2.05, 4.69) is 15.9 Å². The third-order valence-electron chi connectivity index (χ3n) is 3.47. The largest absolute Gasteiger partial charge is 0.497 e. The van der Waals surface area contributed by atoms with Crippen molar-refractivity contribution < 1.29 is 9.53 Å². The second kappa shape index (κ2) is 5.74. The molecule has 0 saturated heterocycles. The van der Waals surface area contributed by atoms with Gasteiger partial charge in [0.15, 0.2) is 5.78 Å². The molecular formula is C17H14BrNO2. The molecule has 0 aliphatic heterocycles. The Morgan fingerprint density at radius 3 is 2.57 bits per heavy atom. The van der Waals surface area contributed by atoms with E-state index in [4.69, 9.17) is 4.74 Å². The van der Waals surface area contributed by atoms with Crippen molar-refractivity contribution in [2.24, 2.45) is 0 Å². The Bertz CT molecular complexity index is 790. The molecule has 2 aromatic carbocycles. The number of carbonyl (C=O) groups excluding carboxylic acids is 1. The van der Waals surface area contributed by atoms with Crippen LogP contribution in [0.4, 0.5) is 0 Å². The third kappa shape index (κ3) is 2.72. The molecule has 0 atom stereocenters. The van der Waals surface area contributed by atoms with E-state index in [0.29, 0.717) is 12.1 Å². The molecule has 0 aliphatic rings. The van der Waals surface area contributed by atoms with Crippen molar-refractivity contribution in [3.63, 3.8) is 0 Å². The first-order chi connectivity index (χ1) is 10.2. The second-order valence-electron chi connectivity index (χ2n) is 4.77. The van der Waals surface area contributed by atoms with E-state index in [1.807, 2.05) is 35.0 Å². The summed E-state index contributed by atoms with van der Waals surface area (Å²) in [6.07, 6.45) is 1.95. The molecule has 0 fully saturated rings. The summed E-state index contributed by atoms with van der Waals surface area (Å²) < 4.78 is 8.07. The second-order valence-corrected chi connectivity index (χ2v) is 5.63. The summed E-state index contributed by atoms with van der Waals surface area (Å²) in [5.74, 6) is 0.826. The molecule has 0 saturated carbocycles. The van der Waals surface area contributed by atoms with Gasteiger partial charge >= 0.3 is 0 Å². The number of halogens is 1. The van der Waals surface area contributed by atoms with Crippen LogP contribution in [0.2, 0.25) is 0 Å². The maximum atomic E-state index is 12.4. The first-order valence-electron chi connectivity index (χ1n) is 6.59. The molecule has 0 N–H and O–H groups in total. The van der Waals surface area contributed by atoms with Gasteiger partial charge in [-0.1, -0.05) is 18.2 Å². The number of Topliss-reactive ketones (excluding diaryl/α,β-unsaturated/α-hetero) is 1. The number of aromatic nitrogens is 1. The highest BCUT2D eigenvalue weighted by Gasteiger charge is 2.11. The Kier molecular flexibility index (Phi) is 3.80. The highest BCUT2D eigenvalue weighted by molar-refractivity contribution is 9.10. The standard InChI is InChI=1S/C17H14BrNO2/c1-21-13-8-6-12(7-9-13)17(20)11-19-10-15(18)14-4-2-3-5-16(14)19/h2-10H,11H2,1H3. The van der Waals surface area contributed by atoms with Crippen molar-refractivity contribution in [2.75, 3.05) is 7.11 Å². The SMILES string of the molecule is COc1ccc(C(=O)Cn2cc(Br)c3ccccc32)cc1. The van der Waals surface area contributed by atoms with E-state index < -0.39 is 0 Å². The summed E-state index contributed by atoms with van der Waals surface area (Å²) in [6, 6.07) is 15.2. The summed E-state index contributed by atoms with van der Waals surface area (Å²) in [5.41, 5.74) is 1.73. The van der Waals surface area contributed by atoms with Crippen LogP contribution in [0.5, 0.6) is 5.75 Å². The summed E-state index contributed by atoms with van der Waals surface area (Å²) in [5, 5.41) is 1.11. The predicted octanol–water partition coefficient (Wildman–Crippen LogP) is 4.30. The predicted molar refractivity (Wildman–Crippen MR) is 87.0 cm³/mol. The topological polar surface area (TPSA) is 31.2 Å². The highest BCUT2D eigenvalue weighted by Crippen LogP contribution is 2.26. The number of para-hydroxylation sites is 1. The Morgan fingerprint density at radius 1 is 1.14 bits per heavy atom. The van der Waals surface area contributed by atoms with Crippen LogP contribution in [0.3, 0.4) is 0 Å². The molecule has 4 heteroatoms. The average molecular weight is 344 g/mol. The van der Waals surface area contributed by atoms with Crippen LogP contribution in [0.15, 0.2) is 59.2 Å². The normalized spacial score (nSPS) is 10.8. The third-order valence-corrected chi connectivity index (χ3v) is 4.10. The van der Waals surface area contributed by atoms with E-state index in [9.17, 15) is 4.79 Å². The van der Waals surface area contributed by atoms with Crippen molar-refractivity contribution in [3.8, 4) is 5.75 Å². The minimum atomic E-state index is 0.0749. The molecular weight excluding hydrogens is 330 g/mol. The molecule has 3 rings (SSSR count). The first-order valence-corrected chi connectivity index (χ1v) is 7.39. The van der Waals surface area contributed by atoms with Gasteiger partial charge in [0.2, 0.25) is 0 Å². The number of nitrogens with zero attached hydrogens (tertiary/aromatic N) is 1. The molecule has 0 unspecified atom stereocenters. The number of methoxy groups -OCH3 is 1. The Balaban J connectivity index is 1.89. The van der Waals surface area contributed by atoms with Crippen LogP contribution in [0.25, 0.3) is 10.9 Å². The summed E-state index contributed by atoms with van der Waals surface area (Å²) >= 11 is 3.53. The van der Waals surface area contributed by atoms with E-state index >= 15 is 0 Å². The van der Waals surface area contributed by atoms with Crippen molar-refractivity contribution in [1.82, 2.24) is 4.57 Å². The van der Waals surface area contributed by atoms with Gasteiger partial charge in [-0.05, 0) is 46.3 Å². The number of carbonyl (C=O) groups is 1. The molecule has 106 valence electrons. The fourth-order valence-electron chi connectivity index (χ4n) is 2.36. The maximum Gasteiger partial charge on any atom is 0.182 e. The number of fused-ring (bicyclic) bond motifs is 1. The lowest BCUT2D eigenvalue weighted by molar-refractivity contribution is 0.0973. The summed E-state index contributed by atoms with van der Waals surface area (Å²) in [4.78, 5) is 12.4. The number of ketones is 1. The van der Waals surface area contributed by atoms with E-state index in [1.165, 1.54) is 0 Å². The molecule has 0 amide bonds. The van der Waals surface area contributed by atoms with Gasteiger partial charge in [-0.2, -0.15) is 0 Å². The van der Waals surface area contributed by atoms with Crippen LogP contribution in [-0.4, -0.2) is 17.5 Å². The quantitative estimate of drug-likeness (QED) is 0.661. The lowest BCUT2D eigenvalue weighted by Gasteiger charge is -2.06. The number of hydrogen-bond acceptors (Lipinski definition) is 2. The molecule has 0 spiro atoms. The Hall–Kier alpha value is -2.07.